The highest BCUT2D eigenvalue weighted by molar-refractivity contribution is 5.82. The van der Waals surface area contributed by atoms with Crippen LogP contribution in [0.1, 0.15) is 41.0 Å². The Morgan fingerprint density at radius 3 is 2.17 bits per heavy atom. The molecule has 0 spiro atoms. The third kappa shape index (κ3) is 4.89. The number of nitrogens with zero attached hydrogens (tertiary/aromatic N) is 1. The van der Waals surface area contributed by atoms with Gasteiger partial charge in [0, 0.05) is 5.71 Å². The van der Waals surface area contributed by atoms with Crippen molar-refractivity contribution in [1.29, 1.82) is 0 Å². The van der Waals surface area contributed by atoms with E-state index in [4.69, 9.17) is 0 Å². The van der Waals surface area contributed by atoms with Gasteiger partial charge in [-0.3, -0.25) is 4.99 Å². The molecule has 0 unspecified atom stereocenters. The van der Waals surface area contributed by atoms with Gasteiger partial charge in [0.1, 0.15) is 0 Å². The molecule has 0 fully saturated rings. The number of aliphatic imine (C=N–C) groups is 1. The predicted molar refractivity (Wildman–Crippen MR) is 56.6 cm³/mol. The summed E-state index contributed by atoms with van der Waals surface area (Å²) >= 11 is 0. The Hall–Kier alpha value is -0.850. The summed E-state index contributed by atoms with van der Waals surface area (Å²) in [4.78, 5) is 4.46. The van der Waals surface area contributed by atoms with Gasteiger partial charge in [-0.1, -0.05) is 18.6 Å². The Morgan fingerprint density at radius 2 is 1.83 bits per heavy atom. The van der Waals surface area contributed by atoms with Crippen molar-refractivity contribution in [3.8, 4) is 0 Å². The third-order valence-electron chi connectivity index (χ3n) is 1.56. The second-order valence-electron chi connectivity index (χ2n) is 3.14. The molecule has 0 aromatic carbocycles. The molecule has 0 amide bonds. The highest BCUT2D eigenvalue weighted by Gasteiger charge is 1.89. The molecule has 0 bridgehead atoms. The summed E-state index contributed by atoms with van der Waals surface area (Å²) in [5.74, 6) is 0. The minimum atomic E-state index is 1.02. The molecule has 0 atom stereocenters. The summed E-state index contributed by atoms with van der Waals surface area (Å²) < 4.78 is 0. The van der Waals surface area contributed by atoms with Crippen LogP contribution >= 0.6 is 0 Å². The fourth-order valence-corrected chi connectivity index (χ4v) is 0.775. The maximum absolute atomic E-state index is 4.46. The van der Waals surface area contributed by atoms with Crippen LogP contribution in [-0.4, -0.2) is 5.71 Å². The summed E-state index contributed by atoms with van der Waals surface area (Å²) in [6.45, 7) is 10.4. The maximum Gasteiger partial charge on any atom is 0.0585 e. The lowest BCUT2D eigenvalue weighted by atomic mass is 10.2. The van der Waals surface area contributed by atoms with E-state index in [0.29, 0.717) is 0 Å². The molecular weight excluding hydrogens is 146 g/mol. The zero-order valence-corrected chi connectivity index (χ0v) is 8.81. The number of rotatable bonds is 3. The van der Waals surface area contributed by atoms with E-state index in [1.807, 2.05) is 13.0 Å². The van der Waals surface area contributed by atoms with Gasteiger partial charge in [0.05, 0.1) is 5.70 Å². The number of allylic oxidation sites excluding steroid dienone is 3. The first-order chi connectivity index (χ1) is 5.60. The standard InChI is InChI=1S/C11H19N/c1-6-10(5)12-11(7-2)8-9(3)4/h7-8H,6H2,1-5H3/b11-7-,12-10?. The highest BCUT2D eigenvalue weighted by Crippen LogP contribution is 2.04. The van der Waals surface area contributed by atoms with Crippen molar-refractivity contribution in [2.75, 3.05) is 0 Å². The van der Waals surface area contributed by atoms with Gasteiger partial charge in [0.2, 0.25) is 0 Å². The largest absolute Gasteiger partial charge is 0.259 e. The van der Waals surface area contributed by atoms with Crippen LogP contribution in [0, 0.1) is 0 Å². The smallest absolute Gasteiger partial charge is 0.0585 e. The minimum absolute atomic E-state index is 1.02. The van der Waals surface area contributed by atoms with E-state index in [9.17, 15) is 0 Å². The Labute approximate surface area is 75.9 Å². The fourth-order valence-electron chi connectivity index (χ4n) is 0.775. The first-order valence-corrected chi connectivity index (χ1v) is 4.45. The number of hydrogen-bond donors (Lipinski definition) is 0. The van der Waals surface area contributed by atoms with Gasteiger partial charge in [-0.25, -0.2) is 0 Å². The molecule has 0 aromatic rings. The van der Waals surface area contributed by atoms with Crippen LogP contribution in [0.4, 0.5) is 0 Å². The van der Waals surface area contributed by atoms with Crippen molar-refractivity contribution in [3.63, 3.8) is 0 Å². The van der Waals surface area contributed by atoms with Crippen LogP contribution in [0.15, 0.2) is 28.4 Å². The normalized spacial score (nSPS) is 13.1. The van der Waals surface area contributed by atoms with E-state index in [0.717, 1.165) is 12.1 Å². The Balaban J connectivity index is 4.51. The number of hydrogen-bond acceptors (Lipinski definition) is 1. The third-order valence-corrected chi connectivity index (χ3v) is 1.56. The maximum atomic E-state index is 4.46. The average molecular weight is 165 g/mol. The Morgan fingerprint density at radius 1 is 1.25 bits per heavy atom. The molecule has 68 valence electrons. The predicted octanol–water partition coefficient (Wildman–Crippen LogP) is 3.73. The van der Waals surface area contributed by atoms with Crippen molar-refractivity contribution in [1.82, 2.24) is 0 Å². The molecule has 0 rings (SSSR count). The summed E-state index contributed by atoms with van der Waals surface area (Å²) in [6, 6.07) is 0. The average Bonchev–Trinajstić information content (AvgIpc) is 2.02. The molecule has 0 heterocycles. The molecule has 0 radical (unpaired) electrons. The molecule has 0 aliphatic heterocycles. The van der Waals surface area contributed by atoms with Crippen molar-refractivity contribution in [3.05, 3.63) is 23.4 Å². The van der Waals surface area contributed by atoms with Crippen molar-refractivity contribution in [2.24, 2.45) is 4.99 Å². The van der Waals surface area contributed by atoms with Crippen LogP contribution in [0.2, 0.25) is 0 Å². The van der Waals surface area contributed by atoms with Gasteiger partial charge >= 0.3 is 0 Å². The summed E-state index contributed by atoms with van der Waals surface area (Å²) in [5, 5.41) is 0. The molecule has 0 saturated heterocycles. The quantitative estimate of drug-likeness (QED) is 0.446. The lowest BCUT2D eigenvalue weighted by Gasteiger charge is -1.97. The van der Waals surface area contributed by atoms with E-state index in [1.165, 1.54) is 11.3 Å². The Bertz CT molecular complexity index is 215. The van der Waals surface area contributed by atoms with Crippen LogP contribution < -0.4 is 0 Å². The zero-order chi connectivity index (χ0) is 9.56. The molecule has 0 saturated carbocycles. The van der Waals surface area contributed by atoms with E-state index in [2.05, 4.69) is 38.8 Å². The van der Waals surface area contributed by atoms with Gasteiger partial charge in [0.25, 0.3) is 0 Å². The van der Waals surface area contributed by atoms with Crippen LogP contribution in [0.3, 0.4) is 0 Å². The zero-order valence-electron chi connectivity index (χ0n) is 8.81. The van der Waals surface area contributed by atoms with E-state index < -0.39 is 0 Å². The summed E-state index contributed by atoms with van der Waals surface area (Å²) in [6.07, 6.45) is 5.15. The van der Waals surface area contributed by atoms with Gasteiger partial charge in [0.15, 0.2) is 0 Å². The van der Waals surface area contributed by atoms with E-state index >= 15 is 0 Å². The van der Waals surface area contributed by atoms with Gasteiger partial charge in [-0.05, 0) is 40.2 Å². The topological polar surface area (TPSA) is 12.4 Å². The molecule has 0 aromatic heterocycles. The lowest BCUT2D eigenvalue weighted by molar-refractivity contribution is 1.22. The molecule has 0 aliphatic carbocycles. The lowest BCUT2D eigenvalue weighted by Crippen LogP contribution is -1.88. The van der Waals surface area contributed by atoms with Gasteiger partial charge in [-0.15, -0.1) is 0 Å². The fraction of sp³-hybridized carbons (Fsp3) is 0.545. The molecule has 12 heavy (non-hydrogen) atoms. The molecule has 0 N–H and O–H groups in total. The van der Waals surface area contributed by atoms with Crippen molar-refractivity contribution < 1.29 is 0 Å². The van der Waals surface area contributed by atoms with Crippen LogP contribution in [0.25, 0.3) is 0 Å². The van der Waals surface area contributed by atoms with Crippen molar-refractivity contribution in [2.45, 2.75) is 41.0 Å². The first kappa shape index (κ1) is 11.2. The summed E-state index contributed by atoms with van der Waals surface area (Å²) in [7, 11) is 0. The molecule has 1 heteroatoms. The SMILES string of the molecule is C/C=C(/C=C(C)C)N=C(C)CC. The molecule has 1 nitrogen and oxygen atoms in total. The van der Waals surface area contributed by atoms with E-state index in [1.54, 1.807) is 0 Å². The van der Waals surface area contributed by atoms with E-state index in [-0.39, 0.29) is 0 Å². The van der Waals surface area contributed by atoms with Crippen LogP contribution in [0.5, 0.6) is 0 Å². The van der Waals surface area contributed by atoms with Crippen LogP contribution in [-0.2, 0) is 0 Å². The monoisotopic (exact) mass is 165 g/mol. The molecular formula is C11H19N. The second kappa shape index (κ2) is 5.76. The Kier molecular flexibility index (Phi) is 5.35. The summed E-state index contributed by atoms with van der Waals surface area (Å²) in [5.41, 5.74) is 3.53. The highest BCUT2D eigenvalue weighted by atomic mass is 14.7. The van der Waals surface area contributed by atoms with Gasteiger partial charge < -0.3 is 0 Å². The second-order valence-corrected chi connectivity index (χ2v) is 3.14. The molecule has 0 aliphatic rings. The minimum Gasteiger partial charge on any atom is -0.259 e. The van der Waals surface area contributed by atoms with Gasteiger partial charge in [-0.2, -0.15) is 0 Å². The van der Waals surface area contributed by atoms with Crippen molar-refractivity contribution >= 4 is 5.71 Å². The first-order valence-electron chi connectivity index (χ1n) is 4.45.